The number of fused-ring (bicyclic) bond motifs is 2. The molecular weight excluding hydrogens is 540 g/mol. The average Bonchev–Trinajstić information content (AvgIpc) is 3.37. The second kappa shape index (κ2) is 15.2. The molecule has 0 aromatic heterocycles. The van der Waals surface area contributed by atoms with Gasteiger partial charge in [-0.25, -0.2) is 0 Å². The second-order valence-electron chi connectivity index (χ2n) is 15.4. The van der Waals surface area contributed by atoms with Crippen molar-refractivity contribution in [3.8, 4) is 0 Å². The van der Waals surface area contributed by atoms with Gasteiger partial charge < -0.3 is 31.8 Å². The zero-order chi connectivity index (χ0) is 25.6. The Kier molecular flexibility index (Phi) is 15.6. The third kappa shape index (κ3) is 8.59. The minimum absolute atomic E-state index is 0. The fourth-order valence-electron chi connectivity index (χ4n) is 10.1. The predicted molar refractivity (Wildman–Crippen MR) is 179 cm³/mol. The van der Waals surface area contributed by atoms with Gasteiger partial charge in [0.2, 0.25) is 0 Å². The van der Waals surface area contributed by atoms with Crippen LogP contribution in [0, 0.1) is 46.0 Å². The maximum Gasteiger partial charge on any atom is 4.00 e. The number of rotatable bonds is 7. The van der Waals surface area contributed by atoms with Crippen LogP contribution in [-0.2, 0) is 21.7 Å². The van der Waals surface area contributed by atoms with Crippen LogP contribution in [0.3, 0.4) is 0 Å². The zero-order valence-electron chi connectivity index (χ0n) is 28.6. The average molecular weight is 609 g/mol. The van der Waals surface area contributed by atoms with E-state index < -0.39 is 16.5 Å². The summed E-state index contributed by atoms with van der Waals surface area (Å²) in [7, 11) is -3.68. The Morgan fingerprint density at radius 2 is 1.18 bits per heavy atom. The first-order valence-electron chi connectivity index (χ1n) is 15.5. The van der Waals surface area contributed by atoms with Crippen LogP contribution in [0.25, 0.3) is 4.98 Å². The van der Waals surface area contributed by atoms with Gasteiger partial charge >= 0.3 is 21.7 Å². The molecular formula is C34H68N2Si2Ti. The third-order valence-electron chi connectivity index (χ3n) is 10.6. The summed E-state index contributed by atoms with van der Waals surface area (Å²) in [6.07, 6.45) is 17.6. The molecule has 39 heavy (non-hydrogen) atoms. The molecule has 4 saturated carbocycles. The molecule has 0 bridgehead atoms. The van der Waals surface area contributed by atoms with Gasteiger partial charge in [0, 0.05) is 5.54 Å². The molecule has 6 unspecified atom stereocenters. The summed E-state index contributed by atoms with van der Waals surface area (Å²) in [5.74, 6) is 5.94. The van der Waals surface area contributed by atoms with Crippen LogP contribution in [0.15, 0.2) is 0 Å². The van der Waals surface area contributed by atoms with E-state index in [1.54, 1.807) is 0 Å². The molecule has 4 aliphatic carbocycles. The van der Waals surface area contributed by atoms with Crippen molar-refractivity contribution in [2.45, 2.75) is 166 Å². The maximum atomic E-state index is 5.99. The molecule has 5 heteroatoms. The van der Waals surface area contributed by atoms with E-state index in [0.29, 0.717) is 0 Å². The summed E-state index contributed by atoms with van der Waals surface area (Å²) in [5.41, 5.74) is 3.58. The second-order valence-corrected chi connectivity index (χ2v) is 24.4. The van der Waals surface area contributed by atoms with Gasteiger partial charge in [-0.1, -0.05) is 98.8 Å². The largest absolute Gasteiger partial charge is 4.00 e. The number of nitrogens with zero attached hydrogens (tertiary/aromatic N) is 2. The minimum Gasteiger partial charge on any atom is -0.660 e. The molecule has 0 aromatic rings. The summed E-state index contributed by atoms with van der Waals surface area (Å²) in [6, 6.07) is 0. The summed E-state index contributed by atoms with van der Waals surface area (Å²) < 4.78 is 3.09. The van der Waals surface area contributed by atoms with Crippen LogP contribution in [0.1, 0.15) is 126 Å². The monoisotopic (exact) mass is 608 g/mol. The Labute approximate surface area is 265 Å². The molecule has 0 heterocycles. The van der Waals surface area contributed by atoms with E-state index >= 15 is 0 Å². The number of hydrogen-bond donors (Lipinski definition) is 0. The molecule has 6 atom stereocenters. The minimum atomic E-state index is -1.88. The molecule has 0 aromatic carbocycles. The van der Waals surface area contributed by atoms with E-state index in [4.69, 9.17) is 4.98 Å². The van der Waals surface area contributed by atoms with Crippen molar-refractivity contribution in [3.63, 3.8) is 0 Å². The van der Waals surface area contributed by atoms with Gasteiger partial charge in [0.05, 0.1) is 0 Å². The van der Waals surface area contributed by atoms with Crippen molar-refractivity contribution in [2.75, 3.05) is 6.54 Å². The van der Waals surface area contributed by atoms with E-state index in [9.17, 15) is 0 Å². The summed E-state index contributed by atoms with van der Waals surface area (Å²) in [4.78, 5) is 5.99. The summed E-state index contributed by atoms with van der Waals surface area (Å²) in [6.45, 7) is 24.1. The van der Waals surface area contributed by atoms with E-state index in [-0.39, 0.29) is 55.1 Å². The molecule has 4 fully saturated rings. The first kappa shape index (κ1) is 40.1. The molecule has 0 spiro atoms. The molecule has 0 N–H and O–H groups in total. The van der Waals surface area contributed by atoms with Crippen LogP contribution >= 0.6 is 0 Å². The Bertz CT molecular complexity index is 719. The molecule has 2 nitrogen and oxygen atoms in total. The van der Waals surface area contributed by atoms with E-state index in [1.807, 2.05) is 11.8 Å². The van der Waals surface area contributed by atoms with Gasteiger partial charge in [0.1, 0.15) is 8.24 Å². The first-order chi connectivity index (χ1) is 16.3. The van der Waals surface area contributed by atoms with E-state index in [0.717, 1.165) is 22.9 Å². The van der Waals surface area contributed by atoms with Crippen molar-refractivity contribution in [2.24, 2.45) is 11.8 Å². The normalized spacial score (nSPS) is 30.9. The van der Waals surface area contributed by atoms with Crippen molar-refractivity contribution in [1.82, 2.24) is 4.57 Å². The predicted octanol–water partition coefficient (Wildman–Crippen LogP) is 11.2. The fourth-order valence-corrected chi connectivity index (χ4v) is 27.2. The molecule has 4 rings (SSSR count). The Morgan fingerprint density at radius 1 is 0.718 bits per heavy atom. The van der Waals surface area contributed by atoms with Crippen molar-refractivity contribution >= 4 is 16.5 Å². The fraction of sp³-hybridized carbons (Fsp3) is 0.853. The SMILES string of the molecule is CCN(C(C)(C)C)[Si](C)(C[Si](C)([N-]C(C)(C)C)C1CCC2CCCC[C]21)C1CCC2CCCC[C]21.[CH3-].[CH3-].[CH3-].[Ti+4]. The van der Waals surface area contributed by atoms with Crippen LogP contribution in [0.5, 0.6) is 0 Å². The Hall–Kier alpha value is 1.07. The van der Waals surface area contributed by atoms with Crippen LogP contribution in [0.2, 0.25) is 29.8 Å². The Balaban J connectivity index is 0.00000361. The maximum absolute atomic E-state index is 5.99. The van der Waals surface area contributed by atoms with Gasteiger partial charge in [-0.15, -0.1) is 5.54 Å². The van der Waals surface area contributed by atoms with Gasteiger partial charge in [-0.3, -0.25) is 0 Å². The van der Waals surface area contributed by atoms with Gasteiger partial charge in [0.15, 0.2) is 0 Å². The van der Waals surface area contributed by atoms with Gasteiger partial charge in [0.25, 0.3) is 0 Å². The smallest absolute Gasteiger partial charge is 0.660 e. The van der Waals surface area contributed by atoms with E-state index in [1.165, 1.54) is 89.3 Å². The van der Waals surface area contributed by atoms with Crippen molar-refractivity contribution < 1.29 is 21.7 Å². The summed E-state index contributed by atoms with van der Waals surface area (Å²) in [5, 5.41) is 0. The molecule has 2 radical (unpaired) electrons. The zero-order valence-corrected chi connectivity index (χ0v) is 32.2. The van der Waals surface area contributed by atoms with Gasteiger partial charge in [-0.2, -0.15) is 0 Å². The molecule has 4 aliphatic rings. The Morgan fingerprint density at radius 3 is 1.62 bits per heavy atom. The third-order valence-corrected chi connectivity index (χ3v) is 24.1. The first-order valence-corrected chi connectivity index (χ1v) is 21.0. The standard InChI is InChI=1S/C31H59N2Si2.3CH3.Ti/c1-10-33(31(5,6)7)35(9,29-22-20-25-16-12-14-18-27(25)29)23-34(8,32-30(2,3)4)28-21-19-24-15-11-13-17-26(24)28;;;;/h24-25,28-29H,10-23H2,1-9H3;3*1H3;/q4*-1;+4. The van der Waals surface area contributed by atoms with Crippen molar-refractivity contribution in [3.05, 3.63) is 39.1 Å². The summed E-state index contributed by atoms with van der Waals surface area (Å²) >= 11 is 0. The van der Waals surface area contributed by atoms with Crippen LogP contribution < -0.4 is 0 Å². The molecule has 0 amide bonds. The molecule has 0 saturated heterocycles. The van der Waals surface area contributed by atoms with E-state index in [2.05, 4.69) is 66.1 Å². The van der Waals surface area contributed by atoms with Crippen LogP contribution in [0.4, 0.5) is 0 Å². The topological polar surface area (TPSA) is 17.3 Å². The van der Waals surface area contributed by atoms with Crippen LogP contribution in [-0.4, -0.2) is 38.7 Å². The molecule has 226 valence electrons. The number of hydrogen-bond acceptors (Lipinski definition) is 1. The quantitative estimate of drug-likeness (QED) is 0.208. The van der Waals surface area contributed by atoms with Gasteiger partial charge in [-0.05, 0) is 95.1 Å². The molecule has 0 aliphatic heterocycles. The van der Waals surface area contributed by atoms with Crippen molar-refractivity contribution in [1.29, 1.82) is 0 Å².